The van der Waals surface area contributed by atoms with E-state index in [-0.39, 0.29) is 11.5 Å². The zero-order valence-corrected chi connectivity index (χ0v) is 13.3. The van der Waals surface area contributed by atoms with Crippen molar-refractivity contribution < 1.29 is 17.9 Å². The van der Waals surface area contributed by atoms with Crippen molar-refractivity contribution in [1.29, 1.82) is 0 Å². The van der Waals surface area contributed by atoms with Crippen LogP contribution in [0.15, 0.2) is 65.6 Å². The molecule has 5 nitrogen and oxygen atoms in total. The fourth-order valence-electron chi connectivity index (χ4n) is 2.44. The number of sulfonamides is 1. The highest BCUT2D eigenvalue weighted by Crippen LogP contribution is 2.27. The van der Waals surface area contributed by atoms with E-state index in [1.54, 1.807) is 18.2 Å². The summed E-state index contributed by atoms with van der Waals surface area (Å²) in [6.45, 7) is 0.484. The summed E-state index contributed by atoms with van der Waals surface area (Å²) in [5.41, 5.74) is 0.873. The van der Waals surface area contributed by atoms with Gasteiger partial charge in [0.2, 0.25) is 10.0 Å². The first-order chi connectivity index (χ1) is 11.1. The molecule has 1 aliphatic heterocycles. The van der Waals surface area contributed by atoms with E-state index in [1.165, 1.54) is 16.4 Å². The average Bonchev–Trinajstić information content (AvgIpc) is 2.53. The third kappa shape index (κ3) is 3.28. The molecule has 1 heterocycles. The number of carbonyl (C=O) groups excluding carboxylic acids is 1. The SMILES string of the molecule is O=C(OCc1ccccc1)[C@@H]1CCN1S(=O)(=O)c1ccccc1. The van der Waals surface area contributed by atoms with Crippen molar-refractivity contribution in [3.63, 3.8) is 0 Å². The van der Waals surface area contributed by atoms with Crippen LogP contribution in [0.2, 0.25) is 0 Å². The van der Waals surface area contributed by atoms with E-state index in [0.29, 0.717) is 13.0 Å². The predicted molar refractivity (Wildman–Crippen MR) is 85.0 cm³/mol. The zero-order chi connectivity index (χ0) is 16.3. The fraction of sp³-hybridized carbons (Fsp3) is 0.235. The Balaban J connectivity index is 1.66. The lowest BCUT2D eigenvalue weighted by molar-refractivity contribution is -0.152. The highest BCUT2D eigenvalue weighted by Gasteiger charge is 2.43. The number of benzene rings is 2. The van der Waals surface area contributed by atoms with Crippen LogP contribution in [-0.2, 0) is 26.2 Å². The fourth-order valence-corrected chi connectivity index (χ4v) is 4.08. The summed E-state index contributed by atoms with van der Waals surface area (Å²) in [7, 11) is -3.65. The Morgan fingerprint density at radius 1 is 1.04 bits per heavy atom. The number of hydrogen-bond acceptors (Lipinski definition) is 4. The van der Waals surface area contributed by atoms with Crippen LogP contribution in [0.1, 0.15) is 12.0 Å². The second-order valence-corrected chi connectivity index (χ2v) is 7.22. The first-order valence-corrected chi connectivity index (χ1v) is 8.80. The molecule has 23 heavy (non-hydrogen) atoms. The van der Waals surface area contributed by atoms with E-state index in [0.717, 1.165) is 5.56 Å². The number of esters is 1. The molecule has 3 rings (SSSR count). The molecule has 120 valence electrons. The molecule has 0 aliphatic carbocycles. The van der Waals surface area contributed by atoms with Gasteiger partial charge in [-0.05, 0) is 24.1 Å². The summed E-state index contributed by atoms with van der Waals surface area (Å²) in [4.78, 5) is 12.4. The third-order valence-corrected chi connectivity index (χ3v) is 5.74. The monoisotopic (exact) mass is 331 g/mol. The van der Waals surface area contributed by atoms with Gasteiger partial charge in [0, 0.05) is 6.54 Å². The standard InChI is InChI=1S/C17H17NO4S/c19-17(22-13-14-7-3-1-4-8-14)16-11-12-18(16)23(20,21)15-9-5-2-6-10-15/h1-10,16H,11-13H2/t16-/m0/s1. The number of carbonyl (C=O) groups is 1. The summed E-state index contributed by atoms with van der Waals surface area (Å²) in [6, 6.07) is 16.7. The largest absolute Gasteiger partial charge is 0.460 e. The lowest BCUT2D eigenvalue weighted by Crippen LogP contribution is -2.55. The average molecular weight is 331 g/mol. The smallest absolute Gasteiger partial charge is 0.324 e. The molecule has 2 aromatic carbocycles. The second kappa shape index (κ2) is 6.52. The molecule has 1 aliphatic rings. The molecule has 0 N–H and O–H groups in total. The van der Waals surface area contributed by atoms with Gasteiger partial charge in [0.1, 0.15) is 12.6 Å². The maximum Gasteiger partial charge on any atom is 0.324 e. The van der Waals surface area contributed by atoms with Gasteiger partial charge in [-0.1, -0.05) is 48.5 Å². The van der Waals surface area contributed by atoms with Crippen LogP contribution >= 0.6 is 0 Å². The van der Waals surface area contributed by atoms with Gasteiger partial charge < -0.3 is 4.74 Å². The van der Waals surface area contributed by atoms with Crippen LogP contribution in [0.3, 0.4) is 0 Å². The molecule has 1 atom stereocenters. The molecule has 1 saturated heterocycles. The number of ether oxygens (including phenoxy) is 1. The minimum absolute atomic E-state index is 0.148. The summed E-state index contributed by atoms with van der Waals surface area (Å²) in [6.07, 6.45) is 0.486. The quantitative estimate of drug-likeness (QED) is 0.788. The lowest BCUT2D eigenvalue weighted by Gasteiger charge is -2.37. The molecule has 6 heteroatoms. The summed E-state index contributed by atoms with van der Waals surface area (Å²) >= 11 is 0. The Morgan fingerprint density at radius 3 is 2.22 bits per heavy atom. The van der Waals surface area contributed by atoms with E-state index in [1.807, 2.05) is 30.3 Å². The zero-order valence-electron chi connectivity index (χ0n) is 12.5. The Kier molecular flexibility index (Phi) is 4.45. The first-order valence-electron chi connectivity index (χ1n) is 7.36. The number of nitrogens with zero attached hydrogens (tertiary/aromatic N) is 1. The van der Waals surface area contributed by atoms with Crippen LogP contribution in [-0.4, -0.2) is 31.3 Å². The molecule has 0 aromatic heterocycles. The van der Waals surface area contributed by atoms with Crippen LogP contribution in [0.5, 0.6) is 0 Å². The summed E-state index contributed by atoms with van der Waals surface area (Å²) in [5, 5.41) is 0. The molecular formula is C17H17NO4S. The van der Waals surface area contributed by atoms with Crippen LogP contribution in [0, 0.1) is 0 Å². The van der Waals surface area contributed by atoms with E-state index in [2.05, 4.69) is 0 Å². The normalized spacial score (nSPS) is 18.2. The minimum Gasteiger partial charge on any atom is -0.460 e. The topological polar surface area (TPSA) is 63.7 Å². The second-order valence-electron chi connectivity index (χ2n) is 5.33. The van der Waals surface area contributed by atoms with Gasteiger partial charge in [0.15, 0.2) is 0 Å². The predicted octanol–water partition coefficient (Wildman–Crippen LogP) is 2.19. The highest BCUT2D eigenvalue weighted by atomic mass is 32.2. The molecular weight excluding hydrogens is 314 g/mol. The molecule has 0 radical (unpaired) electrons. The minimum atomic E-state index is -3.65. The van der Waals surface area contributed by atoms with Gasteiger partial charge >= 0.3 is 5.97 Å². The third-order valence-electron chi connectivity index (χ3n) is 3.82. The maximum atomic E-state index is 12.5. The van der Waals surface area contributed by atoms with Crippen molar-refractivity contribution in [3.05, 3.63) is 66.2 Å². The van der Waals surface area contributed by atoms with Gasteiger partial charge in [-0.2, -0.15) is 4.31 Å². The van der Waals surface area contributed by atoms with E-state index >= 15 is 0 Å². The molecule has 0 saturated carbocycles. The Labute approximate surface area is 135 Å². The number of rotatable bonds is 5. The molecule has 0 spiro atoms. The Bertz CT molecular complexity index is 775. The molecule has 0 bridgehead atoms. The summed E-state index contributed by atoms with van der Waals surface area (Å²) in [5.74, 6) is -0.500. The van der Waals surface area contributed by atoms with Crippen molar-refractivity contribution >= 4 is 16.0 Å². The van der Waals surface area contributed by atoms with E-state index in [9.17, 15) is 13.2 Å². The van der Waals surface area contributed by atoms with Gasteiger partial charge in [-0.25, -0.2) is 8.42 Å². The number of hydrogen-bond donors (Lipinski definition) is 0. The lowest BCUT2D eigenvalue weighted by atomic mass is 10.1. The molecule has 0 unspecified atom stereocenters. The molecule has 1 fully saturated rings. The van der Waals surface area contributed by atoms with Crippen molar-refractivity contribution in [3.8, 4) is 0 Å². The first kappa shape index (κ1) is 15.7. The molecule has 0 amide bonds. The van der Waals surface area contributed by atoms with Crippen LogP contribution in [0.4, 0.5) is 0 Å². The summed E-state index contributed by atoms with van der Waals surface area (Å²) < 4.78 is 31.5. The van der Waals surface area contributed by atoms with Crippen LogP contribution < -0.4 is 0 Å². The van der Waals surface area contributed by atoms with Gasteiger partial charge in [-0.3, -0.25) is 4.79 Å². The Hall–Kier alpha value is -2.18. The van der Waals surface area contributed by atoms with Crippen molar-refractivity contribution in [2.75, 3.05) is 6.54 Å². The van der Waals surface area contributed by atoms with E-state index in [4.69, 9.17) is 4.74 Å². The van der Waals surface area contributed by atoms with Crippen molar-refractivity contribution in [2.24, 2.45) is 0 Å². The van der Waals surface area contributed by atoms with Crippen molar-refractivity contribution in [2.45, 2.75) is 24.0 Å². The van der Waals surface area contributed by atoms with E-state index < -0.39 is 22.0 Å². The highest BCUT2D eigenvalue weighted by molar-refractivity contribution is 7.89. The Morgan fingerprint density at radius 2 is 1.65 bits per heavy atom. The van der Waals surface area contributed by atoms with Crippen molar-refractivity contribution in [1.82, 2.24) is 4.31 Å². The van der Waals surface area contributed by atoms with Gasteiger partial charge in [-0.15, -0.1) is 0 Å². The maximum absolute atomic E-state index is 12.5. The molecule has 2 aromatic rings. The van der Waals surface area contributed by atoms with Crippen LogP contribution in [0.25, 0.3) is 0 Å². The van der Waals surface area contributed by atoms with Gasteiger partial charge in [0.25, 0.3) is 0 Å². The van der Waals surface area contributed by atoms with Gasteiger partial charge in [0.05, 0.1) is 4.90 Å².